The summed E-state index contributed by atoms with van der Waals surface area (Å²) in [5.74, 6) is 0.205. The molecular weight excluding hydrogens is 152 g/mol. The number of hydrogen-bond donors (Lipinski definition) is 1. The largest absolute Gasteiger partial charge is 0.392 e. The Morgan fingerprint density at radius 2 is 2.50 bits per heavy atom. The Morgan fingerprint density at radius 3 is 2.92 bits per heavy atom. The minimum atomic E-state index is -0.492. The molecule has 1 saturated carbocycles. The quantitative estimate of drug-likeness (QED) is 0.651. The molecule has 1 N–H and O–H groups in total. The van der Waals surface area contributed by atoms with Crippen LogP contribution >= 0.6 is 0 Å². The topological polar surface area (TPSA) is 37.3 Å². The molecule has 1 aliphatic carbocycles. The molecule has 0 saturated heterocycles. The number of aliphatic hydroxyl groups is 1. The van der Waals surface area contributed by atoms with Crippen molar-refractivity contribution in [2.75, 3.05) is 0 Å². The monoisotopic (exact) mass is 168 g/mol. The summed E-state index contributed by atoms with van der Waals surface area (Å²) in [7, 11) is 0. The molecule has 0 radical (unpaired) electrons. The van der Waals surface area contributed by atoms with Gasteiger partial charge in [-0.2, -0.15) is 0 Å². The molecule has 0 aromatic heterocycles. The first-order chi connectivity index (χ1) is 5.61. The van der Waals surface area contributed by atoms with E-state index < -0.39 is 11.5 Å². The second kappa shape index (κ2) is 3.40. The van der Waals surface area contributed by atoms with Crippen LogP contribution in [0.3, 0.4) is 0 Å². The molecule has 1 rings (SSSR count). The Labute approximate surface area is 73.3 Å². The fourth-order valence-electron chi connectivity index (χ4n) is 1.77. The van der Waals surface area contributed by atoms with Gasteiger partial charge in [0.2, 0.25) is 0 Å². The average Bonchev–Trinajstić information content (AvgIpc) is 2.30. The number of rotatable bonds is 3. The lowest BCUT2D eigenvalue weighted by molar-refractivity contribution is -0.128. The van der Waals surface area contributed by atoms with Gasteiger partial charge in [0, 0.05) is 6.42 Å². The lowest BCUT2D eigenvalue weighted by Gasteiger charge is -2.25. The Bertz CT molecular complexity index is 198. The second-order valence-electron chi connectivity index (χ2n) is 3.72. The standard InChI is InChI=1S/C10H16O2/c1-3-4-7-10(2)8(11)5-6-9(10)12/h3,8,11H,1,4-7H2,2H3. The van der Waals surface area contributed by atoms with Gasteiger partial charge in [-0.3, -0.25) is 4.79 Å². The molecule has 68 valence electrons. The molecule has 0 aliphatic heterocycles. The van der Waals surface area contributed by atoms with Crippen LogP contribution in [-0.4, -0.2) is 17.0 Å². The van der Waals surface area contributed by atoms with E-state index in [1.807, 2.05) is 6.92 Å². The maximum atomic E-state index is 11.4. The van der Waals surface area contributed by atoms with Crippen molar-refractivity contribution in [1.29, 1.82) is 0 Å². The van der Waals surface area contributed by atoms with Gasteiger partial charge >= 0.3 is 0 Å². The van der Waals surface area contributed by atoms with Crippen LogP contribution in [0.5, 0.6) is 0 Å². The summed E-state index contributed by atoms with van der Waals surface area (Å²) in [4.78, 5) is 11.4. The highest BCUT2D eigenvalue weighted by Gasteiger charge is 2.44. The van der Waals surface area contributed by atoms with Crippen LogP contribution in [0.15, 0.2) is 12.7 Å². The Morgan fingerprint density at radius 1 is 1.83 bits per heavy atom. The first-order valence-corrected chi connectivity index (χ1v) is 4.43. The van der Waals surface area contributed by atoms with Crippen molar-refractivity contribution in [3.8, 4) is 0 Å². The van der Waals surface area contributed by atoms with Crippen LogP contribution < -0.4 is 0 Å². The highest BCUT2D eigenvalue weighted by atomic mass is 16.3. The predicted molar refractivity (Wildman–Crippen MR) is 47.8 cm³/mol. The van der Waals surface area contributed by atoms with Gasteiger partial charge in [-0.1, -0.05) is 13.0 Å². The number of ketones is 1. The maximum absolute atomic E-state index is 11.4. The zero-order chi connectivity index (χ0) is 9.19. The molecule has 2 unspecified atom stereocenters. The maximum Gasteiger partial charge on any atom is 0.141 e. The van der Waals surface area contributed by atoms with Crippen LogP contribution in [0.1, 0.15) is 32.6 Å². The molecule has 0 aromatic rings. The molecule has 0 aromatic carbocycles. The van der Waals surface area contributed by atoms with E-state index in [0.717, 1.165) is 12.8 Å². The van der Waals surface area contributed by atoms with Crippen LogP contribution in [0.2, 0.25) is 0 Å². The minimum Gasteiger partial charge on any atom is -0.392 e. The Balaban J connectivity index is 2.65. The third-order valence-electron chi connectivity index (χ3n) is 2.89. The second-order valence-corrected chi connectivity index (χ2v) is 3.72. The average molecular weight is 168 g/mol. The normalized spacial score (nSPS) is 35.5. The molecule has 0 spiro atoms. The van der Waals surface area contributed by atoms with Gasteiger partial charge < -0.3 is 5.11 Å². The molecule has 0 heterocycles. The summed E-state index contributed by atoms with van der Waals surface area (Å²) in [6.45, 7) is 5.47. The fraction of sp³-hybridized carbons (Fsp3) is 0.700. The van der Waals surface area contributed by atoms with E-state index >= 15 is 0 Å². The predicted octanol–water partition coefficient (Wildman–Crippen LogP) is 1.68. The van der Waals surface area contributed by atoms with Crippen molar-refractivity contribution in [3.05, 3.63) is 12.7 Å². The van der Waals surface area contributed by atoms with Crippen LogP contribution in [0.25, 0.3) is 0 Å². The lowest BCUT2D eigenvalue weighted by Crippen LogP contribution is -2.32. The van der Waals surface area contributed by atoms with Crippen molar-refractivity contribution in [2.24, 2.45) is 5.41 Å². The molecule has 1 fully saturated rings. The number of carbonyl (C=O) groups is 1. The van der Waals surface area contributed by atoms with E-state index in [1.165, 1.54) is 0 Å². The van der Waals surface area contributed by atoms with Gasteiger partial charge in [0.05, 0.1) is 11.5 Å². The van der Waals surface area contributed by atoms with Gasteiger partial charge in [0.25, 0.3) is 0 Å². The number of hydrogen-bond acceptors (Lipinski definition) is 2. The van der Waals surface area contributed by atoms with E-state index in [4.69, 9.17) is 0 Å². The van der Waals surface area contributed by atoms with Crippen molar-refractivity contribution < 1.29 is 9.90 Å². The van der Waals surface area contributed by atoms with E-state index in [2.05, 4.69) is 6.58 Å². The Hall–Kier alpha value is -0.630. The summed E-state index contributed by atoms with van der Waals surface area (Å²) < 4.78 is 0. The molecular formula is C10H16O2. The van der Waals surface area contributed by atoms with Gasteiger partial charge in [0.1, 0.15) is 5.78 Å². The van der Waals surface area contributed by atoms with Crippen LogP contribution in [0, 0.1) is 5.41 Å². The summed E-state index contributed by atoms with van der Waals surface area (Å²) >= 11 is 0. The number of carbonyl (C=O) groups excluding carboxylic acids is 1. The summed E-state index contributed by atoms with van der Waals surface area (Å²) in [6, 6.07) is 0. The summed E-state index contributed by atoms with van der Waals surface area (Å²) in [5.41, 5.74) is -0.492. The highest BCUT2D eigenvalue weighted by molar-refractivity contribution is 5.87. The first-order valence-electron chi connectivity index (χ1n) is 4.43. The Kier molecular flexibility index (Phi) is 2.68. The SMILES string of the molecule is C=CCCC1(C)C(=O)CCC1O. The molecule has 0 bridgehead atoms. The van der Waals surface area contributed by atoms with E-state index in [9.17, 15) is 9.90 Å². The number of aliphatic hydroxyl groups excluding tert-OH is 1. The van der Waals surface area contributed by atoms with E-state index in [0.29, 0.717) is 12.8 Å². The molecule has 12 heavy (non-hydrogen) atoms. The van der Waals surface area contributed by atoms with Crippen molar-refractivity contribution in [3.63, 3.8) is 0 Å². The zero-order valence-corrected chi connectivity index (χ0v) is 7.55. The van der Waals surface area contributed by atoms with E-state index in [-0.39, 0.29) is 5.78 Å². The van der Waals surface area contributed by atoms with Crippen molar-refractivity contribution >= 4 is 5.78 Å². The smallest absolute Gasteiger partial charge is 0.141 e. The number of Topliss-reactive ketones (excluding diaryl/α,β-unsaturated/α-hetero) is 1. The summed E-state index contributed by atoms with van der Waals surface area (Å²) in [5, 5.41) is 9.59. The third kappa shape index (κ3) is 1.44. The third-order valence-corrected chi connectivity index (χ3v) is 2.89. The molecule has 1 aliphatic rings. The van der Waals surface area contributed by atoms with Crippen LogP contribution in [0.4, 0.5) is 0 Å². The molecule has 2 atom stereocenters. The van der Waals surface area contributed by atoms with Crippen LogP contribution in [-0.2, 0) is 4.79 Å². The zero-order valence-electron chi connectivity index (χ0n) is 7.55. The molecule has 2 heteroatoms. The van der Waals surface area contributed by atoms with Crippen molar-refractivity contribution in [1.82, 2.24) is 0 Å². The lowest BCUT2D eigenvalue weighted by atomic mass is 9.81. The fourth-order valence-corrected chi connectivity index (χ4v) is 1.77. The molecule has 0 amide bonds. The summed E-state index contributed by atoms with van der Waals surface area (Å²) in [6.07, 6.45) is 4.06. The minimum absolute atomic E-state index is 0.205. The van der Waals surface area contributed by atoms with E-state index in [1.54, 1.807) is 6.08 Å². The first kappa shape index (κ1) is 9.46. The molecule has 2 nitrogen and oxygen atoms in total. The highest BCUT2D eigenvalue weighted by Crippen LogP contribution is 2.38. The van der Waals surface area contributed by atoms with Gasteiger partial charge in [-0.25, -0.2) is 0 Å². The van der Waals surface area contributed by atoms with Gasteiger partial charge in [0.15, 0.2) is 0 Å². The van der Waals surface area contributed by atoms with Gasteiger partial charge in [-0.05, 0) is 19.3 Å². The van der Waals surface area contributed by atoms with Crippen molar-refractivity contribution in [2.45, 2.75) is 38.7 Å². The van der Waals surface area contributed by atoms with Gasteiger partial charge in [-0.15, -0.1) is 6.58 Å². The number of allylic oxidation sites excluding steroid dienone is 1.